The second-order valence-electron chi connectivity index (χ2n) is 7.75. The van der Waals surface area contributed by atoms with Gasteiger partial charge in [-0.15, -0.1) is 0 Å². The van der Waals surface area contributed by atoms with Crippen molar-refractivity contribution in [3.8, 4) is 5.75 Å². The Morgan fingerprint density at radius 1 is 1.12 bits per heavy atom. The Morgan fingerprint density at radius 3 is 2.72 bits per heavy atom. The molecule has 3 heterocycles. The van der Waals surface area contributed by atoms with Gasteiger partial charge in [0.15, 0.2) is 11.4 Å². The highest BCUT2D eigenvalue weighted by Gasteiger charge is 2.54. The lowest BCUT2D eigenvalue weighted by Crippen LogP contribution is -2.47. The molecule has 2 aliphatic heterocycles. The molecule has 0 radical (unpaired) electrons. The zero-order valence-electron chi connectivity index (χ0n) is 17.3. The summed E-state index contributed by atoms with van der Waals surface area (Å²) in [6, 6.07) is 14.4. The first-order chi connectivity index (χ1) is 15.4. The van der Waals surface area contributed by atoms with E-state index in [0.29, 0.717) is 24.3 Å². The standard InChI is InChI=1S/C22H21N7O3/c1-13-6-8-14(9-7-13)24-20-26-17(25-19(23)27-20)12-29-18(30)22(28-21(29)31)10-11-32-16-5-3-2-4-15(16)22/h2-9H,10-12H2,1H3,(H,28,31)(H3,23,24,25,26,27)/t22-/m1/s1. The molecule has 10 heteroatoms. The molecule has 1 atom stereocenters. The van der Waals surface area contributed by atoms with E-state index in [1.807, 2.05) is 43.3 Å². The van der Waals surface area contributed by atoms with E-state index in [-0.39, 0.29) is 30.2 Å². The molecule has 2 aromatic carbocycles. The molecule has 0 aliphatic carbocycles. The Labute approximate surface area is 183 Å². The topological polar surface area (TPSA) is 135 Å². The van der Waals surface area contributed by atoms with Crippen molar-refractivity contribution in [2.45, 2.75) is 25.4 Å². The number of fused-ring (bicyclic) bond motifs is 2. The number of urea groups is 1. The van der Waals surface area contributed by atoms with Crippen LogP contribution in [0.5, 0.6) is 5.75 Å². The Balaban J connectivity index is 1.41. The number of aromatic nitrogens is 3. The van der Waals surface area contributed by atoms with E-state index in [4.69, 9.17) is 10.5 Å². The Morgan fingerprint density at radius 2 is 1.91 bits per heavy atom. The average molecular weight is 431 g/mol. The van der Waals surface area contributed by atoms with Gasteiger partial charge in [0, 0.05) is 17.7 Å². The number of amides is 3. The van der Waals surface area contributed by atoms with Crippen molar-refractivity contribution in [3.05, 3.63) is 65.5 Å². The van der Waals surface area contributed by atoms with Gasteiger partial charge in [0.05, 0.1) is 13.2 Å². The van der Waals surface area contributed by atoms with Crippen molar-refractivity contribution in [2.75, 3.05) is 17.7 Å². The van der Waals surface area contributed by atoms with Gasteiger partial charge in [-0.05, 0) is 25.1 Å². The lowest BCUT2D eigenvalue weighted by molar-refractivity contribution is -0.133. The third kappa shape index (κ3) is 3.35. The van der Waals surface area contributed by atoms with Gasteiger partial charge >= 0.3 is 6.03 Å². The minimum absolute atomic E-state index is 0.0113. The number of carbonyl (C=O) groups excluding carboxylic acids is 2. The van der Waals surface area contributed by atoms with Crippen LogP contribution in [0.15, 0.2) is 48.5 Å². The highest BCUT2D eigenvalue weighted by molar-refractivity contribution is 6.07. The van der Waals surface area contributed by atoms with Crippen LogP contribution in [0.1, 0.15) is 23.4 Å². The summed E-state index contributed by atoms with van der Waals surface area (Å²) in [5, 5.41) is 5.93. The fourth-order valence-corrected chi connectivity index (χ4v) is 3.99. The number of hydrogen-bond acceptors (Lipinski definition) is 8. The molecule has 1 fully saturated rings. The number of para-hydroxylation sites is 1. The number of nitrogens with zero attached hydrogens (tertiary/aromatic N) is 4. The molecule has 1 aromatic heterocycles. The van der Waals surface area contributed by atoms with Crippen molar-refractivity contribution >= 4 is 29.5 Å². The Kier molecular flexibility index (Phi) is 4.62. The van der Waals surface area contributed by atoms with Crippen LogP contribution in [0.25, 0.3) is 0 Å². The third-order valence-electron chi connectivity index (χ3n) is 5.56. The van der Waals surface area contributed by atoms with E-state index in [1.165, 1.54) is 0 Å². The van der Waals surface area contributed by atoms with E-state index in [9.17, 15) is 9.59 Å². The summed E-state index contributed by atoms with van der Waals surface area (Å²) < 4.78 is 5.66. The molecule has 2 aliphatic rings. The van der Waals surface area contributed by atoms with Gasteiger partial charge in [0.1, 0.15) is 5.75 Å². The first kappa shape index (κ1) is 19.7. The maximum absolute atomic E-state index is 13.4. The number of nitrogens with two attached hydrogens (primary N) is 1. The van der Waals surface area contributed by atoms with Crippen molar-refractivity contribution in [1.29, 1.82) is 0 Å². The van der Waals surface area contributed by atoms with Crippen LogP contribution < -0.4 is 21.1 Å². The lowest BCUT2D eigenvalue weighted by atomic mass is 9.84. The van der Waals surface area contributed by atoms with Crippen LogP contribution in [0.4, 0.5) is 22.4 Å². The molecule has 0 bridgehead atoms. The van der Waals surface area contributed by atoms with Gasteiger partial charge in [0.25, 0.3) is 5.91 Å². The van der Waals surface area contributed by atoms with Gasteiger partial charge in [-0.1, -0.05) is 35.9 Å². The summed E-state index contributed by atoms with van der Waals surface area (Å²) in [5.74, 6) is 0.638. The minimum atomic E-state index is -1.16. The van der Waals surface area contributed by atoms with Gasteiger partial charge in [-0.2, -0.15) is 15.0 Å². The third-order valence-corrected chi connectivity index (χ3v) is 5.56. The summed E-state index contributed by atoms with van der Waals surface area (Å²) in [6.45, 7) is 2.18. The van der Waals surface area contributed by atoms with E-state index < -0.39 is 11.6 Å². The second kappa shape index (κ2) is 7.49. The summed E-state index contributed by atoms with van der Waals surface area (Å²) in [6.07, 6.45) is 0.338. The van der Waals surface area contributed by atoms with Crippen LogP contribution in [0.3, 0.4) is 0 Å². The predicted molar refractivity (Wildman–Crippen MR) is 116 cm³/mol. The number of anilines is 3. The molecule has 3 amide bonds. The van der Waals surface area contributed by atoms with Gasteiger partial charge in [-0.3, -0.25) is 9.69 Å². The molecule has 0 saturated carbocycles. The van der Waals surface area contributed by atoms with Crippen LogP contribution in [-0.2, 0) is 16.9 Å². The zero-order valence-corrected chi connectivity index (χ0v) is 17.3. The molecule has 0 unspecified atom stereocenters. The second-order valence-corrected chi connectivity index (χ2v) is 7.75. The fourth-order valence-electron chi connectivity index (χ4n) is 3.99. The van der Waals surface area contributed by atoms with E-state index >= 15 is 0 Å². The summed E-state index contributed by atoms with van der Waals surface area (Å²) >= 11 is 0. The van der Waals surface area contributed by atoms with Crippen LogP contribution in [0, 0.1) is 6.92 Å². The minimum Gasteiger partial charge on any atom is -0.493 e. The normalized spacial score (nSPS) is 19.5. The molecule has 1 saturated heterocycles. The number of carbonyl (C=O) groups is 2. The summed E-state index contributed by atoms with van der Waals surface area (Å²) in [4.78, 5) is 39.9. The van der Waals surface area contributed by atoms with Gasteiger partial charge in [0.2, 0.25) is 11.9 Å². The predicted octanol–water partition coefficient (Wildman–Crippen LogP) is 2.24. The number of rotatable bonds is 4. The number of hydrogen-bond donors (Lipinski definition) is 3. The number of nitrogens with one attached hydrogen (secondary N) is 2. The van der Waals surface area contributed by atoms with E-state index in [0.717, 1.165) is 16.2 Å². The van der Waals surface area contributed by atoms with E-state index in [2.05, 4.69) is 25.6 Å². The molecule has 4 N–H and O–H groups in total. The maximum Gasteiger partial charge on any atom is 0.325 e. The van der Waals surface area contributed by atoms with Crippen LogP contribution in [0.2, 0.25) is 0 Å². The van der Waals surface area contributed by atoms with Gasteiger partial charge in [-0.25, -0.2) is 4.79 Å². The van der Waals surface area contributed by atoms with Gasteiger partial charge < -0.3 is 21.1 Å². The largest absolute Gasteiger partial charge is 0.493 e. The quantitative estimate of drug-likeness (QED) is 0.535. The highest BCUT2D eigenvalue weighted by Crippen LogP contribution is 2.41. The first-order valence-corrected chi connectivity index (χ1v) is 10.2. The van der Waals surface area contributed by atoms with Crippen molar-refractivity contribution in [2.24, 2.45) is 0 Å². The Hall–Kier alpha value is -4.21. The van der Waals surface area contributed by atoms with Crippen LogP contribution >= 0.6 is 0 Å². The molecular weight excluding hydrogens is 410 g/mol. The molecule has 3 aromatic rings. The molecule has 10 nitrogen and oxygen atoms in total. The monoisotopic (exact) mass is 431 g/mol. The molecule has 32 heavy (non-hydrogen) atoms. The van der Waals surface area contributed by atoms with Crippen molar-refractivity contribution in [3.63, 3.8) is 0 Å². The average Bonchev–Trinajstić information content (AvgIpc) is 3.00. The van der Waals surface area contributed by atoms with Crippen molar-refractivity contribution < 1.29 is 14.3 Å². The molecule has 162 valence electrons. The Bertz CT molecular complexity index is 1210. The first-order valence-electron chi connectivity index (χ1n) is 10.2. The lowest BCUT2D eigenvalue weighted by Gasteiger charge is -2.33. The number of aryl methyl sites for hydroxylation is 1. The summed E-state index contributed by atoms with van der Waals surface area (Å²) in [5.41, 5.74) is 7.24. The molecule has 1 spiro atoms. The molecular formula is C22H21N7O3. The maximum atomic E-state index is 13.4. The smallest absolute Gasteiger partial charge is 0.325 e. The number of benzene rings is 2. The number of ether oxygens (including phenoxy) is 1. The SMILES string of the molecule is Cc1ccc(Nc2nc(N)nc(CN3C(=O)N[C@@]4(CCOc5ccccc54)C3=O)n2)cc1. The van der Waals surface area contributed by atoms with E-state index in [1.54, 1.807) is 12.1 Å². The van der Waals surface area contributed by atoms with Crippen LogP contribution in [-0.4, -0.2) is 38.4 Å². The fraction of sp³-hybridized carbons (Fsp3) is 0.227. The molecule has 5 rings (SSSR count). The number of nitrogen functional groups attached to an aromatic ring is 1. The summed E-state index contributed by atoms with van der Waals surface area (Å²) in [7, 11) is 0. The number of imide groups is 1. The highest BCUT2D eigenvalue weighted by atomic mass is 16.5. The zero-order chi connectivity index (χ0) is 22.3. The van der Waals surface area contributed by atoms with Crippen molar-refractivity contribution in [1.82, 2.24) is 25.2 Å².